The van der Waals surface area contributed by atoms with Crippen molar-refractivity contribution in [2.75, 3.05) is 5.43 Å². The molecule has 4 N–H and O–H groups in total. The summed E-state index contributed by atoms with van der Waals surface area (Å²) in [6, 6.07) is 5.89. The third-order valence-electron chi connectivity index (χ3n) is 2.65. The van der Waals surface area contributed by atoms with Crippen LogP contribution in [0.1, 0.15) is 15.2 Å². The molecule has 1 aromatic carbocycles. The molecule has 0 fully saturated rings. The van der Waals surface area contributed by atoms with Crippen molar-refractivity contribution < 1.29 is 9.72 Å². The predicted molar refractivity (Wildman–Crippen MR) is 84.1 cm³/mol. The number of nitrogen functional groups attached to an aromatic ring is 1. The van der Waals surface area contributed by atoms with Crippen LogP contribution in [0.5, 0.6) is 0 Å². The highest BCUT2D eigenvalue weighted by Crippen LogP contribution is 2.23. The second-order valence-electron chi connectivity index (χ2n) is 4.05. The number of nitro groups is 1. The number of anilines is 1. The Morgan fingerprint density at radius 2 is 2.19 bits per heavy atom. The molecule has 7 nitrogen and oxygen atoms in total. The normalized spacial score (nSPS) is 10.2. The second-order valence-corrected chi connectivity index (χ2v) is 5.96. The fourth-order valence-electron chi connectivity index (χ4n) is 1.68. The Labute approximate surface area is 132 Å². The van der Waals surface area contributed by atoms with E-state index >= 15 is 0 Å². The SMILES string of the molecule is NNc1ccc([N+](=O)[O-])c(C(=O)NCc2cc(Br)cs2)c1. The standard InChI is InChI=1S/C12H11BrN4O3S/c13-7-3-9(21-6-7)5-15-12(18)10-4-8(16-14)1-2-11(10)17(19)20/h1-4,6,16H,5,14H2,(H,15,18). The van der Waals surface area contributed by atoms with E-state index in [1.807, 2.05) is 11.4 Å². The van der Waals surface area contributed by atoms with Gasteiger partial charge in [-0.3, -0.25) is 20.8 Å². The molecule has 21 heavy (non-hydrogen) atoms. The third kappa shape index (κ3) is 3.78. The highest BCUT2D eigenvalue weighted by Gasteiger charge is 2.20. The number of benzene rings is 1. The smallest absolute Gasteiger partial charge is 0.282 e. The zero-order valence-electron chi connectivity index (χ0n) is 10.6. The average molecular weight is 371 g/mol. The molecule has 1 amide bonds. The summed E-state index contributed by atoms with van der Waals surface area (Å²) in [5, 5.41) is 15.5. The van der Waals surface area contributed by atoms with E-state index < -0.39 is 10.8 Å². The van der Waals surface area contributed by atoms with Crippen molar-refractivity contribution in [1.29, 1.82) is 0 Å². The molecule has 0 spiro atoms. The maximum Gasteiger partial charge on any atom is 0.282 e. The molecular weight excluding hydrogens is 360 g/mol. The summed E-state index contributed by atoms with van der Waals surface area (Å²) >= 11 is 4.80. The number of hydrogen-bond donors (Lipinski definition) is 3. The number of hydrogen-bond acceptors (Lipinski definition) is 6. The molecule has 2 rings (SSSR count). The number of amides is 1. The Balaban J connectivity index is 2.19. The van der Waals surface area contributed by atoms with Gasteiger partial charge in [-0.1, -0.05) is 0 Å². The number of nitrogens with two attached hydrogens (primary N) is 1. The quantitative estimate of drug-likeness (QED) is 0.425. The lowest BCUT2D eigenvalue weighted by molar-refractivity contribution is -0.385. The first kappa shape index (κ1) is 15.4. The van der Waals surface area contributed by atoms with Crippen molar-refractivity contribution in [2.45, 2.75) is 6.54 Å². The zero-order valence-corrected chi connectivity index (χ0v) is 13.0. The van der Waals surface area contributed by atoms with Crippen LogP contribution in [0, 0.1) is 10.1 Å². The van der Waals surface area contributed by atoms with Crippen molar-refractivity contribution in [3.63, 3.8) is 0 Å². The minimum Gasteiger partial charge on any atom is -0.347 e. The van der Waals surface area contributed by atoms with Crippen molar-refractivity contribution in [1.82, 2.24) is 5.32 Å². The lowest BCUT2D eigenvalue weighted by Crippen LogP contribution is -2.23. The Morgan fingerprint density at radius 1 is 1.43 bits per heavy atom. The van der Waals surface area contributed by atoms with Gasteiger partial charge in [-0.25, -0.2) is 0 Å². The molecule has 1 heterocycles. The van der Waals surface area contributed by atoms with Crippen LogP contribution in [0.15, 0.2) is 34.1 Å². The van der Waals surface area contributed by atoms with Crippen LogP contribution >= 0.6 is 27.3 Å². The zero-order chi connectivity index (χ0) is 15.4. The van der Waals surface area contributed by atoms with Gasteiger partial charge in [-0.2, -0.15) is 0 Å². The van der Waals surface area contributed by atoms with Crippen LogP contribution in [-0.2, 0) is 6.54 Å². The molecule has 0 saturated carbocycles. The Morgan fingerprint density at radius 3 is 2.76 bits per heavy atom. The lowest BCUT2D eigenvalue weighted by atomic mass is 10.1. The largest absolute Gasteiger partial charge is 0.347 e. The van der Waals surface area contributed by atoms with Crippen molar-refractivity contribution in [3.8, 4) is 0 Å². The number of carbonyl (C=O) groups is 1. The first-order chi connectivity index (χ1) is 10.0. The van der Waals surface area contributed by atoms with Crippen molar-refractivity contribution in [3.05, 3.63) is 54.7 Å². The van der Waals surface area contributed by atoms with E-state index in [0.717, 1.165) is 9.35 Å². The first-order valence-electron chi connectivity index (χ1n) is 5.77. The Hall–Kier alpha value is -1.97. The number of carbonyl (C=O) groups excluding carboxylic acids is 1. The maximum absolute atomic E-state index is 12.1. The van der Waals surface area contributed by atoms with Gasteiger partial charge in [0, 0.05) is 26.5 Å². The van der Waals surface area contributed by atoms with Crippen LogP contribution in [0.25, 0.3) is 0 Å². The summed E-state index contributed by atoms with van der Waals surface area (Å²) in [5.41, 5.74) is 2.48. The van der Waals surface area contributed by atoms with E-state index in [9.17, 15) is 14.9 Å². The minimum absolute atomic E-state index is 0.0360. The number of halogens is 1. The predicted octanol–water partition coefficient (Wildman–Crippen LogP) is 2.63. The van der Waals surface area contributed by atoms with Crippen LogP contribution in [0.3, 0.4) is 0 Å². The molecule has 0 bridgehead atoms. The van der Waals surface area contributed by atoms with Crippen LogP contribution in [0.4, 0.5) is 11.4 Å². The number of rotatable bonds is 5. The Bertz CT molecular complexity index is 689. The molecule has 9 heteroatoms. The fraction of sp³-hybridized carbons (Fsp3) is 0.0833. The molecule has 0 atom stereocenters. The summed E-state index contributed by atoms with van der Waals surface area (Å²) in [4.78, 5) is 23.4. The van der Waals surface area contributed by atoms with Gasteiger partial charge in [0.25, 0.3) is 11.6 Å². The number of nitro benzene ring substituents is 1. The van der Waals surface area contributed by atoms with E-state index in [4.69, 9.17) is 5.84 Å². The van der Waals surface area contributed by atoms with E-state index in [1.54, 1.807) is 0 Å². The minimum atomic E-state index is -0.600. The number of nitrogens with zero attached hydrogens (tertiary/aromatic N) is 1. The van der Waals surface area contributed by atoms with E-state index in [2.05, 4.69) is 26.7 Å². The van der Waals surface area contributed by atoms with Gasteiger partial charge >= 0.3 is 0 Å². The van der Waals surface area contributed by atoms with Crippen LogP contribution < -0.4 is 16.6 Å². The number of nitrogens with one attached hydrogen (secondary N) is 2. The summed E-state index contributed by atoms with van der Waals surface area (Å²) in [6.45, 7) is 0.298. The molecule has 0 radical (unpaired) electrons. The van der Waals surface area contributed by atoms with E-state index in [-0.39, 0.29) is 11.3 Å². The summed E-state index contributed by atoms with van der Waals surface area (Å²) in [7, 11) is 0. The van der Waals surface area contributed by atoms with Gasteiger partial charge in [-0.05, 0) is 34.1 Å². The van der Waals surface area contributed by atoms with Crippen LogP contribution in [0.2, 0.25) is 0 Å². The van der Waals surface area contributed by atoms with Gasteiger partial charge in [0.2, 0.25) is 0 Å². The van der Waals surface area contributed by atoms with Crippen molar-refractivity contribution in [2.24, 2.45) is 5.84 Å². The molecule has 0 saturated heterocycles. The van der Waals surface area contributed by atoms with E-state index in [0.29, 0.717) is 12.2 Å². The Kier molecular flexibility index (Phi) is 4.89. The van der Waals surface area contributed by atoms with Crippen LogP contribution in [-0.4, -0.2) is 10.8 Å². The summed E-state index contributed by atoms with van der Waals surface area (Å²) in [6.07, 6.45) is 0. The molecule has 0 aliphatic heterocycles. The van der Waals surface area contributed by atoms with Gasteiger partial charge in [-0.15, -0.1) is 11.3 Å². The summed E-state index contributed by atoms with van der Waals surface area (Å²) < 4.78 is 0.928. The fourth-order valence-corrected chi connectivity index (χ4v) is 3.07. The monoisotopic (exact) mass is 370 g/mol. The number of thiophene rings is 1. The third-order valence-corrected chi connectivity index (χ3v) is 4.35. The molecule has 0 unspecified atom stereocenters. The van der Waals surface area contributed by atoms with Gasteiger partial charge < -0.3 is 10.7 Å². The maximum atomic E-state index is 12.1. The highest BCUT2D eigenvalue weighted by molar-refractivity contribution is 9.10. The van der Waals surface area contributed by atoms with Crippen molar-refractivity contribution >= 4 is 44.5 Å². The van der Waals surface area contributed by atoms with Gasteiger partial charge in [0.05, 0.1) is 11.5 Å². The molecule has 1 aromatic heterocycles. The van der Waals surface area contributed by atoms with E-state index in [1.165, 1.54) is 29.5 Å². The topological polar surface area (TPSA) is 110 Å². The highest BCUT2D eigenvalue weighted by atomic mass is 79.9. The van der Waals surface area contributed by atoms with Gasteiger partial charge in [0.15, 0.2) is 0 Å². The van der Waals surface area contributed by atoms with Gasteiger partial charge in [0.1, 0.15) is 5.56 Å². The average Bonchev–Trinajstić information content (AvgIpc) is 2.89. The second kappa shape index (κ2) is 6.66. The summed E-state index contributed by atoms with van der Waals surface area (Å²) in [5.74, 6) is 4.73. The molecule has 110 valence electrons. The molecule has 2 aromatic rings. The first-order valence-corrected chi connectivity index (χ1v) is 7.44. The molecular formula is C12H11BrN4O3S. The lowest BCUT2D eigenvalue weighted by Gasteiger charge is -2.07. The molecule has 0 aliphatic rings. The molecule has 0 aliphatic carbocycles. The number of hydrazine groups is 1.